The van der Waals surface area contributed by atoms with Gasteiger partial charge in [-0.2, -0.15) is 0 Å². The van der Waals surface area contributed by atoms with Gasteiger partial charge in [0.25, 0.3) is 0 Å². The minimum absolute atomic E-state index is 0.977. The van der Waals surface area contributed by atoms with E-state index in [4.69, 9.17) is 4.98 Å². The molecule has 0 bridgehead atoms. The molecular formula is C19H14N2. The fourth-order valence-corrected chi connectivity index (χ4v) is 2.64. The number of benzene rings is 2. The van der Waals surface area contributed by atoms with Crippen LogP contribution in [0, 0.1) is 0 Å². The standard InChI is InChI=1S/C19H14N2/c1-3-9-15(10-4-1)18-17-13-7-8-14-21(17)19(20-18)16-11-5-2-6-12-16/h1-14H. The smallest absolute Gasteiger partial charge is 0.145 e. The van der Waals surface area contributed by atoms with Gasteiger partial charge in [0.2, 0.25) is 0 Å². The summed E-state index contributed by atoms with van der Waals surface area (Å²) in [6, 6.07) is 26.8. The highest BCUT2D eigenvalue weighted by Crippen LogP contribution is 2.29. The van der Waals surface area contributed by atoms with Gasteiger partial charge in [-0.3, -0.25) is 4.40 Å². The van der Waals surface area contributed by atoms with Crippen molar-refractivity contribution in [1.29, 1.82) is 0 Å². The topological polar surface area (TPSA) is 17.3 Å². The van der Waals surface area contributed by atoms with Crippen LogP contribution in [0.1, 0.15) is 0 Å². The van der Waals surface area contributed by atoms with Gasteiger partial charge in [0.1, 0.15) is 5.82 Å². The molecular weight excluding hydrogens is 256 g/mol. The van der Waals surface area contributed by atoms with E-state index in [0.717, 1.165) is 28.2 Å². The van der Waals surface area contributed by atoms with Crippen molar-refractivity contribution in [3.05, 3.63) is 85.1 Å². The minimum atomic E-state index is 0.977. The first-order valence-electron chi connectivity index (χ1n) is 7.01. The fraction of sp³-hybridized carbons (Fsp3) is 0. The first kappa shape index (κ1) is 11.9. The lowest BCUT2D eigenvalue weighted by molar-refractivity contribution is 1.16. The van der Waals surface area contributed by atoms with Gasteiger partial charge >= 0.3 is 0 Å². The van der Waals surface area contributed by atoms with Gasteiger partial charge in [-0.1, -0.05) is 66.7 Å². The largest absolute Gasteiger partial charge is 0.299 e. The lowest BCUT2D eigenvalue weighted by Crippen LogP contribution is -1.87. The Balaban J connectivity index is 2.02. The van der Waals surface area contributed by atoms with Crippen molar-refractivity contribution in [2.45, 2.75) is 0 Å². The zero-order valence-corrected chi connectivity index (χ0v) is 11.5. The first-order valence-corrected chi connectivity index (χ1v) is 7.01. The quantitative estimate of drug-likeness (QED) is 0.517. The molecule has 2 aromatic carbocycles. The summed E-state index contributed by atoms with van der Waals surface area (Å²) in [7, 11) is 0. The molecule has 2 nitrogen and oxygen atoms in total. The van der Waals surface area contributed by atoms with E-state index in [-0.39, 0.29) is 0 Å². The average Bonchev–Trinajstić information content (AvgIpc) is 2.96. The normalized spacial score (nSPS) is 10.9. The van der Waals surface area contributed by atoms with Crippen LogP contribution < -0.4 is 0 Å². The maximum atomic E-state index is 4.89. The monoisotopic (exact) mass is 270 g/mol. The predicted molar refractivity (Wildman–Crippen MR) is 86.1 cm³/mol. The van der Waals surface area contributed by atoms with Gasteiger partial charge in [0.05, 0.1) is 11.2 Å². The molecule has 0 saturated heterocycles. The zero-order valence-electron chi connectivity index (χ0n) is 11.5. The summed E-state index contributed by atoms with van der Waals surface area (Å²) in [6.45, 7) is 0. The van der Waals surface area contributed by atoms with Crippen LogP contribution in [-0.4, -0.2) is 9.38 Å². The Morgan fingerprint density at radius 2 is 1.24 bits per heavy atom. The third-order valence-corrected chi connectivity index (χ3v) is 3.63. The second-order valence-electron chi connectivity index (χ2n) is 4.97. The van der Waals surface area contributed by atoms with Crippen molar-refractivity contribution in [3.8, 4) is 22.6 Å². The maximum absolute atomic E-state index is 4.89. The summed E-state index contributed by atoms with van der Waals surface area (Å²) >= 11 is 0. The second-order valence-corrected chi connectivity index (χ2v) is 4.97. The highest BCUT2D eigenvalue weighted by Gasteiger charge is 2.12. The highest BCUT2D eigenvalue weighted by atomic mass is 15.0. The molecule has 0 aliphatic heterocycles. The molecule has 2 aromatic heterocycles. The van der Waals surface area contributed by atoms with Crippen molar-refractivity contribution in [2.75, 3.05) is 0 Å². The number of hydrogen-bond acceptors (Lipinski definition) is 1. The molecule has 2 heteroatoms. The van der Waals surface area contributed by atoms with E-state index in [9.17, 15) is 0 Å². The zero-order chi connectivity index (χ0) is 14.1. The molecule has 0 aliphatic carbocycles. The third-order valence-electron chi connectivity index (χ3n) is 3.63. The molecule has 4 rings (SSSR count). The molecule has 0 spiro atoms. The van der Waals surface area contributed by atoms with Crippen LogP contribution in [0.3, 0.4) is 0 Å². The Morgan fingerprint density at radius 3 is 1.95 bits per heavy atom. The molecule has 0 unspecified atom stereocenters. The van der Waals surface area contributed by atoms with Crippen molar-refractivity contribution >= 4 is 5.52 Å². The van der Waals surface area contributed by atoms with Crippen LogP contribution in [0.15, 0.2) is 85.1 Å². The summed E-state index contributed by atoms with van der Waals surface area (Å²) in [5.41, 5.74) is 4.42. The SMILES string of the molecule is c1ccc(-c2nc(-c3ccccc3)n3ccccc23)cc1. The first-order chi connectivity index (χ1) is 10.4. The van der Waals surface area contributed by atoms with Crippen LogP contribution in [0.5, 0.6) is 0 Å². The van der Waals surface area contributed by atoms with Gasteiger partial charge in [0.15, 0.2) is 0 Å². The Kier molecular flexibility index (Phi) is 2.79. The molecule has 100 valence electrons. The van der Waals surface area contributed by atoms with Crippen molar-refractivity contribution in [3.63, 3.8) is 0 Å². The number of aromatic nitrogens is 2. The predicted octanol–water partition coefficient (Wildman–Crippen LogP) is 4.67. The molecule has 2 heterocycles. The Labute approximate surface area is 123 Å². The van der Waals surface area contributed by atoms with Gasteiger partial charge in [-0.25, -0.2) is 4.98 Å². The summed E-state index contributed by atoms with van der Waals surface area (Å²) in [6.07, 6.45) is 2.07. The van der Waals surface area contributed by atoms with Crippen LogP contribution in [-0.2, 0) is 0 Å². The molecule has 0 radical (unpaired) electrons. The van der Waals surface area contributed by atoms with E-state index < -0.39 is 0 Å². The van der Waals surface area contributed by atoms with E-state index in [0.29, 0.717) is 0 Å². The molecule has 0 amide bonds. The van der Waals surface area contributed by atoms with Gasteiger partial charge in [-0.05, 0) is 12.1 Å². The number of hydrogen-bond donors (Lipinski definition) is 0. The number of nitrogens with zero attached hydrogens (tertiary/aromatic N) is 2. The number of fused-ring (bicyclic) bond motifs is 1. The second kappa shape index (κ2) is 4.91. The van der Waals surface area contributed by atoms with Crippen LogP contribution in [0.4, 0.5) is 0 Å². The average molecular weight is 270 g/mol. The van der Waals surface area contributed by atoms with E-state index in [2.05, 4.69) is 47.0 Å². The van der Waals surface area contributed by atoms with E-state index in [1.54, 1.807) is 0 Å². The Hall–Kier alpha value is -2.87. The van der Waals surface area contributed by atoms with Crippen molar-refractivity contribution in [1.82, 2.24) is 9.38 Å². The fourth-order valence-electron chi connectivity index (χ4n) is 2.64. The van der Waals surface area contributed by atoms with E-state index in [1.807, 2.05) is 42.5 Å². The highest BCUT2D eigenvalue weighted by molar-refractivity contribution is 5.81. The molecule has 0 aliphatic rings. The van der Waals surface area contributed by atoms with Crippen LogP contribution in [0.2, 0.25) is 0 Å². The summed E-state index contributed by atoms with van der Waals surface area (Å²) < 4.78 is 2.15. The Bertz CT molecular complexity index is 804. The summed E-state index contributed by atoms with van der Waals surface area (Å²) in [4.78, 5) is 4.89. The van der Waals surface area contributed by atoms with Gasteiger partial charge in [-0.15, -0.1) is 0 Å². The maximum Gasteiger partial charge on any atom is 0.145 e. The minimum Gasteiger partial charge on any atom is -0.299 e. The van der Waals surface area contributed by atoms with E-state index >= 15 is 0 Å². The molecule has 0 saturated carbocycles. The Morgan fingerprint density at radius 1 is 0.619 bits per heavy atom. The van der Waals surface area contributed by atoms with Gasteiger partial charge in [0, 0.05) is 17.3 Å². The summed E-state index contributed by atoms with van der Waals surface area (Å²) in [5.74, 6) is 0.977. The van der Waals surface area contributed by atoms with Gasteiger partial charge < -0.3 is 0 Å². The molecule has 0 atom stereocenters. The third kappa shape index (κ3) is 2.01. The van der Waals surface area contributed by atoms with Crippen LogP contribution in [0.25, 0.3) is 28.2 Å². The number of imidazole rings is 1. The molecule has 0 fully saturated rings. The van der Waals surface area contributed by atoms with Crippen molar-refractivity contribution < 1.29 is 0 Å². The molecule has 21 heavy (non-hydrogen) atoms. The summed E-state index contributed by atoms with van der Waals surface area (Å²) in [5, 5.41) is 0. The lowest BCUT2D eigenvalue weighted by atomic mass is 10.1. The number of rotatable bonds is 2. The molecule has 0 N–H and O–H groups in total. The number of pyridine rings is 1. The van der Waals surface area contributed by atoms with Crippen LogP contribution >= 0.6 is 0 Å². The lowest BCUT2D eigenvalue weighted by Gasteiger charge is -2.00. The van der Waals surface area contributed by atoms with E-state index in [1.165, 1.54) is 0 Å². The van der Waals surface area contributed by atoms with Crippen molar-refractivity contribution in [2.24, 2.45) is 0 Å². The molecule has 4 aromatic rings.